The SMILES string of the molecule is Cc1ccc(C)c(NC(=O)CC(=O)NCCc2ccc(S(N)(=O)=O)cc2)c1. The topological polar surface area (TPSA) is 118 Å². The van der Waals surface area contributed by atoms with Gasteiger partial charge in [0.25, 0.3) is 0 Å². The second kappa shape index (κ2) is 8.79. The number of rotatable bonds is 7. The molecule has 0 heterocycles. The number of anilines is 1. The summed E-state index contributed by atoms with van der Waals surface area (Å²) in [6, 6.07) is 11.8. The van der Waals surface area contributed by atoms with Crippen molar-refractivity contribution in [3.8, 4) is 0 Å². The molecule has 0 aromatic heterocycles. The fourth-order valence-corrected chi connectivity index (χ4v) is 2.98. The zero-order valence-corrected chi connectivity index (χ0v) is 16.1. The number of benzene rings is 2. The summed E-state index contributed by atoms with van der Waals surface area (Å²) in [5.41, 5.74) is 3.50. The molecule has 0 spiro atoms. The van der Waals surface area contributed by atoms with Gasteiger partial charge in [0.1, 0.15) is 6.42 Å². The van der Waals surface area contributed by atoms with E-state index in [9.17, 15) is 18.0 Å². The first-order valence-corrected chi connectivity index (χ1v) is 9.95. The second-order valence-electron chi connectivity index (χ2n) is 6.33. The molecule has 7 nitrogen and oxygen atoms in total. The van der Waals surface area contributed by atoms with Gasteiger partial charge in [-0.25, -0.2) is 13.6 Å². The van der Waals surface area contributed by atoms with Gasteiger partial charge in [-0.15, -0.1) is 0 Å². The summed E-state index contributed by atoms with van der Waals surface area (Å²) in [6.45, 7) is 4.15. The average Bonchev–Trinajstić information content (AvgIpc) is 2.57. The minimum Gasteiger partial charge on any atom is -0.355 e. The fraction of sp³-hybridized carbons (Fsp3) is 0.263. The maximum atomic E-state index is 12.0. The number of amides is 2. The monoisotopic (exact) mass is 389 g/mol. The van der Waals surface area contributed by atoms with E-state index in [4.69, 9.17) is 5.14 Å². The Bertz CT molecular complexity index is 938. The number of aryl methyl sites for hydroxylation is 2. The highest BCUT2D eigenvalue weighted by Crippen LogP contribution is 2.16. The van der Waals surface area contributed by atoms with Crippen molar-refractivity contribution in [1.29, 1.82) is 0 Å². The lowest BCUT2D eigenvalue weighted by Gasteiger charge is -2.10. The normalized spacial score (nSPS) is 11.1. The van der Waals surface area contributed by atoms with Crippen LogP contribution in [0.4, 0.5) is 5.69 Å². The molecule has 0 bridgehead atoms. The molecule has 0 aliphatic heterocycles. The van der Waals surface area contributed by atoms with Crippen molar-refractivity contribution in [2.24, 2.45) is 5.14 Å². The summed E-state index contributed by atoms with van der Waals surface area (Å²) >= 11 is 0. The average molecular weight is 389 g/mol. The highest BCUT2D eigenvalue weighted by molar-refractivity contribution is 7.89. The third-order valence-electron chi connectivity index (χ3n) is 3.98. The number of carbonyl (C=O) groups excluding carboxylic acids is 2. The molecular weight excluding hydrogens is 366 g/mol. The van der Waals surface area contributed by atoms with Crippen LogP contribution in [0, 0.1) is 13.8 Å². The minimum absolute atomic E-state index is 0.0402. The molecule has 27 heavy (non-hydrogen) atoms. The molecule has 0 saturated heterocycles. The van der Waals surface area contributed by atoms with Crippen molar-refractivity contribution in [2.45, 2.75) is 31.6 Å². The van der Waals surface area contributed by atoms with Gasteiger partial charge in [0.05, 0.1) is 4.90 Å². The van der Waals surface area contributed by atoms with Crippen LogP contribution in [0.15, 0.2) is 47.4 Å². The molecule has 0 radical (unpaired) electrons. The fourth-order valence-electron chi connectivity index (χ4n) is 2.47. The number of primary sulfonamides is 1. The van der Waals surface area contributed by atoms with Crippen LogP contribution in [0.3, 0.4) is 0 Å². The Hall–Kier alpha value is -2.71. The van der Waals surface area contributed by atoms with Crippen LogP contribution in [0.5, 0.6) is 0 Å². The number of hydrogen-bond donors (Lipinski definition) is 3. The Morgan fingerprint density at radius 2 is 1.67 bits per heavy atom. The van der Waals surface area contributed by atoms with Crippen LogP contribution < -0.4 is 15.8 Å². The van der Waals surface area contributed by atoms with Crippen LogP contribution in [0.1, 0.15) is 23.1 Å². The van der Waals surface area contributed by atoms with E-state index in [1.165, 1.54) is 12.1 Å². The maximum absolute atomic E-state index is 12.0. The Balaban J connectivity index is 1.79. The van der Waals surface area contributed by atoms with Crippen molar-refractivity contribution in [2.75, 3.05) is 11.9 Å². The van der Waals surface area contributed by atoms with Gasteiger partial charge < -0.3 is 10.6 Å². The van der Waals surface area contributed by atoms with E-state index < -0.39 is 10.0 Å². The third kappa shape index (κ3) is 6.50. The van der Waals surface area contributed by atoms with E-state index in [0.717, 1.165) is 16.7 Å². The molecule has 8 heteroatoms. The van der Waals surface area contributed by atoms with Gasteiger partial charge in [0.2, 0.25) is 21.8 Å². The molecule has 0 aliphatic rings. The predicted molar refractivity (Wildman–Crippen MR) is 104 cm³/mol. The van der Waals surface area contributed by atoms with Crippen molar-refractivity contribution in [1.82, 2.24) is 5.32 Å². The molecule has 2 amide bonds. The minimum atomic E-state index is -3.71. The number of carbonyl (C=O) groups is 2. The summed E-state index contributed by atoms with van der Waals surface area (Å²) in [6.07, 6.45) is 0.243. The van der Waals surface area contributed by atoms with Crippen molar-refractivity contribution >= 4 is 27.5 Å². The van der Waals surface area contributed by atoms with E-state index in [-0.39, 0.29) is 23.1 Å². The van der Waals surface area contributed by atoms with Crippen LogP contribution in [-0.4, -0.2) is 26.8 Å². The van der Waals surface area contributed by atoms with Gasteiger partial charge in [-0.3, -0.25) is 9.59 Å². The Kier molecular flexibility index (Phi) is 6.70. The summed E-state index contributed by atoms with van der Waals surface area (Å²) in [5, 5.41) is 10.5. The highest BCUT2D eigenvalue weighted by atomic mass is 32.2. The lowest BCUT2D eigenvalue weighted by atomic mass is 10.1. The maximum Gasteiger partial charge on any atom is 0.238 e. The van der Waals surface area contributed by atoms with Gasteiger partial charge in [-0.05, 0) is 55.2 Å². The predicted octanol–water partition coefficient (Wildman–Crippen LogP) is 1.64. The number of nitrogens with one attached hydrogen (secondary N) is 2. The smallest absolute Gasteiger partial charge is 0.238 e. The molecule has 144 valence electrons. The van der Waals surface area contributed by atoms with Gasteiger partial charge in [-0.1, -0.05) is 24.3 Å². The molecule has 2 aromatic rings. The molecular formula is C19H23N3O4S. The standard InChI is InChI=1S/C19H23N3O4S/c1-13-3-4-14(2)17(11-13)22-19(24)12-18(23)21-10-9-15-5-7-16(8-6-15)27(20,25)26/h3-8,11H,9-10,12H2,1-2H3,(H,21,23)(H,22,24)(H2,20,25,26). The van der Waals surface area contributed by atoms with E-state index >= 15 is 0 Å². The van der Waals surface area contributed by atoms with E-state index in [2.05, 4.69) is 10.6 Å². The summed E-state index contributed by atoms with van der Waals surface area (Å²) in [5.74, 6) is -0.752. The molecule has 2 aromatic carbocycles. The molecule has 0 saturated carbocycles. The molecule has 2 rings (SSSR count). The molecule has 0 fully saturated rings. The zero-order valence-electron chi connectivity index (χ0n) is 15.3. The molecule has 0 unspecified atom stereocenters. The number of hydrogen-bond acceptors (Lipinski definition) is 4. The highest BCUT2D eigenvalue weighted by Gasteiger charge is 2.11. The Morgan fingerprint density at radius 1 is 1.00 bits per heavy atom. The Morgan fingerprint density at radius 3 is 2.30 bits per heavy atom. The van der Waals surface area contributed by atoms with Crippen molar-refractivity contribution in [3.63, 3.8) is 0 Å². The zero-order chi connectivity index (χ0) is 20.0. The first kappa shape index (κ1) is 20.6. The van der Waals surface area contributed by atoms with Crippen LogP contribution in [0.2, 0.25) is 0 Å². The second-order valence-corrected chi connectivity index (χ2v) is 7.89. The molecule has 4 N–H and O–H groups in total. The summed E-state index contributed by atoms with van der Waals surface area (Å²) < 4.78 is 22.4. The van der Waals surface area contributed by atoms with Gasteiger partial charge in [-0.2, -0.15) is 0 Å². The quantitative estimate of drug-likeness (QED) is 0.624. The van der Waals surface area contributed by atoms with Gasteiger partial charge in [0, 0.05) is 12.2 Å². The van der Waals surface area contributed by atoms with E-state index in [0.29, 0.717) is 18.7 Å². The van der Waals surface area contributed by atoms with Gasteiger partial charge in [0.15, 0.2) is 0 Å². The van der Waals surface area contributed by atoms with Crippen molar-refractivity contribution < 1.29 is 18.0 Å². The first-order valence-electron chi connectivity index (χ1n) is 8.41. The Labute approximate surface area is 159 Å². The lowest BCUT2D eigenvalue weighted by molar-refractivity contribution is -0.126. The van der Waals surface area contributed by atoms with E-state index in [1.54, 1.807) is 12.1 Å². The van der Waals surface area contributed by atoms with Gasteiger partial charge >= 0.3 is 0 Å². The third-order valence-corrected chi connectivity index (χ3v) is 4.91. The summed E-state index contributed by atoms with van der Waals surface area (Å²) in [7, 11) is -3.71. The van der Waals surface area contributed by atoms with Crippen LogP contribution in [0.25, 0.3) is 0 Å². The van der Waals surface area contributed by atoms with Crippen molar-refractivity contribution in [3.05, 3.63) is 59.2 Å². The molecule has 0 aliphatic carbocycles. The van der Waals surface area contributed by atoms with Crippen LogP contribution >= 0.6 is 0 Å². The number of sulfonamides is 1. The lowest BCUT2D eigenvalue weighted by Crippen LogP contribution is -2.29. The number of nitrogens with two attached hydrogens (primary N) is 1. The first-order chi connectivity index (χ1) is 12.6. The van der Waals surface area contributed by atoms with E-state index in [1.807, 2.05) is 32.0 Å². The molecule has 0 atom stereocenters. The summed E-state index contributed by atoms with van der Waals surface area (Å²) in [4.78, 5) is 24.0. The van der Waals surface area contributed by atoms with Crippen LogP contribution in [-0.2, 0) is 26.0 Å². The largest absolute Gasteiger partial charge is 0.355 e.